The second kappa shape index (κ2) is 6.13. The van der Waals surface area contributed by atoms with Gasteiger partial charge in [0, 0.05) is 23.1 Å². The van der Waals surface area contributed by atoms with Crippen molar-refractivity contribution in [2.75, 3.05) is 0 Å². The number of benzene rings is 1. The number of nitrogens with zero attached hydrogens (tertiary/aromatic N) is 1. The first-order valence-electron chi connectivity index (χ1n) is 6.53. The van der Waals surface area contributed by atoms with Gasteiger partial charge in [0.15, 0.2) is 0 Å². The molecule has 2 nitrogen and oxygen atoms in total. The molecule has 1 fully saturated rings. The van der Waals surface area contributed by atoms with Crippen molar-refractivity contribution in [3.05, 3.63) is 34.1 Å². The van der Waals surface area contributed by atoms with E-state index in [9.17, 15) is 4.39 Å². The van der Waals surface area contributed by atoms with E-state index in [-0.39, 0.29) is 5.82 Å². The molecule has 4 heteroatoms. The minimum absolute atomic E-state index is 0.203. The summed E-state index contributed by atoms with van der Waals surface area (Å²) in [4.78, 5) is 0. The van der Waals surface area contributed by atoms with Crippen molar-refractivity contribution in [3.63, 3.8) is 0 Å². The Morgan fingerprint density at radius 3 is 2.61 bits per heavy atom. The second-order valence-corrected chi connectivity index (χ2v) is 5.96. The molecule has 0 aromatic heterocycles. The van der Waals surface area contributed by atoms with E-state index in [1.807, 2.05) is 6.07 Å². The minimum Gasteiger partial charge on any atom is -0.250 e. The van der Waals surface area contributed by atoms with Crippen molar-refractivity contribution in [2.45, 2.75) is 51.7 Å². The van der Waals surface area contributed by atoms with Gasteiger partial charge in [0.2, 0.25) is 0 Å². The van der Waals surface area contributed by atoms with Crippen LogP contribution < -0.4 is 5.43 Å². The molecule has 1 aliphatic heterocycles. The first kappa shape index (κ1) is 14.0. The van der Waals surface area contributed by atoms with Gasteiger partial charge in [0.1, 0.15) is 5.82 Å². The highest BCUT2D eigenvalue weighted by atomic mass is 79.9. The zero-order valence-corrected chi connectivity index (χ0v) is 12.5. The van der Waals surface area contributed by atoms with E-state index in [1.54, 1.807) is 0 Å². The summed E-state index contributed by atoms with van der Waals surface area (Å²) >= 11 is 3.40. The average Bonchev–Trinajstić information content (AvgIpc) is 2.31. The molecule has 100 valence electrons. The van der Waals surface area contributed by atoms with Crippen LogP contribution in [-0.2, 0) is 6.54 Å². The van der Waals surface area contributed by atoms with Crippen LogP contribution in [0.5, 0.6) is 0 Å². The number of halogens is 2. The van der Waals surface area contributed by atoms with Crippen LogP contribution in [0.2, 0.25) is 0 Å². The van der Waals surface area contributed by atoms with Crippen molar-refractivity contribution < 1.29 is 4.39 Å². The Morgan fingerprint density at radius 2 is 2.00 bits per heavy atom. The van der Waals surface area contributed by atoms with Gasteiger partial charge in [-0.15, -0.1) is 0 Å². The van der Waals surface area contributed by atoms with Crippen LogP contribution in [0.25, 0.3) is 0 Å². The Morgan fingerprint density at radius 1 is 1.33 bits per heavy atom. The molecule has 1 saturated heterocycles. The van der Waals surface area contributed by atoms with Gasteiger partial charge < -0.3 is 0 Å². The van der Waals surface area contributed by atoms with Gasteiger partial charge in [-0.25, -0.2) is 9.40 Å². The van der Waals surface area contributed by atoms with Crippen molar-refractivity contribution in [3.8, 4) is 0 Å². The maximum absolute atomic E-state index is 13.0. The summed E-state index contributed by atoms with van der Waals surface area (Å²) in [5, 5.41) is 2.33. The number of piperidine rings is 1. The summed E-state index contributed by atoms with van der Waals surface area (Å²) in [6.45, 7) is 5.24. The molecule has 1 heterocycles. The highest BCUT2D eigenvalue weighted by Gasteiger charge is 2.24. The highest BCUT2D eigenvalue weighted by Crippen LogP contribution is 2.22. The van der Waals surface area contributed by atoms with Crippen LogP contribution in [0.4, 0.5) is 4.39 Å². The lowest BCUT2D eigenvalue weighted by atomic mass is 10.00. The average molecular weight is 315 g/mol. The van der Waals surface area contributed by atoms with Gasteiger partial charge >= 0.3 is 0 Å². The second-order valence-electron chi connectivity index (χ2n) is 5.11. The molecule has 1 aromatic carbocycles. The lowest BCUT2D eigenvalue weighted by Crippen LogP contribution is -2.51. The van der Waals surface area contributed by atoms with Crippen LogP contribution in [0.1, 0.15) is 38.7 Å². The van der Waals surface area contributed by atoms with Gasteiger partial charge in [-0.1, -0.05) is 28.4 Å². The van der Waals surface area contributed by atoms with Gasteiger partial charge in [-0.2, -0.15) is 0 Å². The monoisotopic (exact) mass is 314 g/mol. The summed E-state index contributed by atoms with van der Waals surface area (Å²) in [7, 11) is 0. The molecule has 0 saturated carbocycles. The van der Waals surface area contributed by atoms with E-state index in [1.165, 1.54) is 31.4 Å². The predicted molar refractivity (Wildman–Crippen MR) is 75.6 cm³/mol. The number of rotatable bonds is 3. The fourth-order valence-electron chi connectivity index (χ4n) is 2.57. The number of hydrazine groups is 1. The SMILES string of the molecule is CC1CCCC(C)N1NCc1ccc(F)cc1Br. The van der Waals surface area contributed by atoms with Gasteiger partial charge in [-0.05, 0) is 44.4 Å². The Labute approximate surface area is 117 Å². The predicted octanol–water partition coefficient (Wildman–Crippen LogP) is 3.86. The number of hydrogen-bond donors (Lipinski definition) is 1. The minimum atomic E-state index is -0.203. The van der Waals surface area contributed by atoms with E-state index in [0.717, 1.165) is 16.6 Å². The summed E-state index contributed by atoms with van der Waals surface area (Å²) in [6.07, 6.45) is 3.78. The maximum atomic E-state index is 13.0. The molecule has 2 unspecified atom stereocenters. The van der Waals surface area contributed by atoms with Crippen LogP contribution in [0.3, 0.4) is 0 Å². The molecule has 1 aromatic rings. The maximum Gasteiger partial charge on any atom is 0.124 e. The molecule has 2 atom stereocenters. The van der Waals surface area contributed by atoms with Crippen LogP contribution in [0, 0.1) is 5.82 Å². The van der Waals surface area contributed by atoms with Crippen molar-refractivity contribution in [1.82, 2.24) is 10.4 Å². The first-order chi connectivity index (χ1) is 8.58. The zero-order valence-electron chi connectivity index (χ0n) is 10.9. The summed E-state index contributed by atoms with van der Waals surface area (Å²) in [6, 6.07) is 5.97. The summed E-state index contributed by atoms with van der Waals surface area (Å²) < 4.78 is 13.8. The summed E-state index contributed by atoms with van der Waals surface area (Å²) in [5.41, 5.74) is 4.56. The summed E-state index contributed by atoms with van der Waals surface area (Å²) in [5.74, 6) is -0.203. The van der Waals surface area contributed by atoms with Crippen LogP contribution >= 0.6 is 15.9 Å². The molecule has 1 N–H and O–H groups in total. The normalized spacial score (nSPS) is 25.3. The van der Waals surface area contributed by atoms with Gasteiger partial charge in [-0.3, -0.25) is 5.43 Å². The fraction of sp³-hybridized carbons (Fsp3) is 0.571. The molecular formula is C14H20BrFN2. The number of hydrogen-bond acceptors (Lipinski definition) is 2. The smallest absolute Gasteiger partial charge is 0.124 e. The van der Waals surface area contributed by atoms with Gasteiger partial charge in [0.25, 0.3) is 0 Å². The van der Waals surface area contributed by atoms with Crippen LogP contribution in [-0.4, -0.2) is 17.1 Å². The lowest BCUT2D eigenvalue weighted by Gasteiger charge is -2.39. The number of nitrogens with one attached hydrogen (secondary N) is 1. The Bertz CT molecular complexity index is 401. The molecular weight excluding hydrogens is 295 g/mol. The van der Waals surface area contributed by atoms with Crippen LogP contribution in [0.15, 0.2) is 22.7 Å². The molecule has 1 aliphatic rings. The third-order valence-corrected chi connectivity index (χ3v) is 4.40. The van der Waals surface area contributed by atoms with Gasteiger partial charge in [0.05, 0.1) is 0 Å². The first-order valence-corrected chi connectivity index (χ1v) is 7.33. The molecule has 2 rings (SSSR count). The zero-order chi connectivity index (χ0) is 13.1. The topological polar surface area (TPSA) is 15.3 Å². The lowest BCUT2D eigenvalue weighted by molar-refractivity contribution is 0.0435. The van der Waals surface area contributed by atoms with Crippen molar-refractivity contribution >= 4 is 15.9 Å². The molecule has 0 bridgehead atoms. The quantitative estimate of drug-likeness (QED) is 0.911. The fourth-order valence-corrected chi connectivity index (χ4v) is 3.07. The molecule has 0 amide bonds. The van der Waals surface area contributed by atoms with E-state index in [4.69, 9.17) is 0 Å². The standard InChI is InChI=1S/C14H20BrFN2/c1-10-4-3-5-11(2)18(10)17-9-12-6-7-13(16)8-14(12)15/h6-8,10-11,17H,3-5,9H2,1-2H3. The molecule has 18 heavy (non-hydrogen) atoms. The van der Waals surface area contributed by atoms with E-state index in [2.05, 4.69) is 40.2 Å². The third-order valence-electron chi connectivity index (χ3n) is 3.66. The molecule has 0 aliphatic carbocycles. The van der Waals surface area contributed by atoms with E-state index < -0.39 is 0 Å². The molecule has 0 spiro atoms. The van der Waals surface area contributed by atoms with E-state index in [0.29, 0.717) is 12.1 Å². The third kappa shape index (κ3) is 3.31. The van der Waals surface area contributed by atoms with Crippen molar-refractivity contribution in [1.29, 1.82) is 0 Å². The Hall–Kier alpha value is -0.450. The van der Waals surface area contributed by atoms with E-state index >= 15 is 0 Å². The highest BCUT2D eigenvalue weighted by molar-refractivity contribution is 9.10. The largest absolute Gasteiger partial charge is 0.250 e. The Kier molecular flexibility index (Phi) is 4.76. The Balaban J connectivity index is 1.97. The van der Waals surface area contributed by atoms with Crippen molar-refractivity contribution in [2.24, 2.45) is 0 Å². The molecule has 0 radical (unpaired) electrons.